The summed E-state index contributed by atoms with van der Waals surface area (Å²) in [5, 5.41) is 13.4. The predicted molar refractivity (Wildman–Crippen MR) is 92.5 cm³/mol. The Labute approximate surface area is 143 Å². The smallest absolute Gasteiger partial charge is 0.290 e. The molecule has 0 saturated carbocycles. The van der Waals surface area contributed by atoms with Gasteiger partial charge in [0.2, 0.25) is 5.91 Å². The summed E-state index contributed by atoms with van der Waals surface area (Å²) in [5.74, 6) is 0.838. The normalized spacial score (nSPS) is 10.6. The van der Waals surface area contributed by atoms with Crippen LogP contribution in [0, 0.1) is 0 Å². The van der Waals surface area contributed by atoms with Crippen LogP contribution in [0.4, 0.5) is 0 Å². The summed E-state index contributed by atoms with van der Waals surface area (Å²) < 4.78 is 6.53. The van der Waals surface area contributed by atoms with Crippen LogP contribution in [0.25, 0.3) is 16.8 Å². The van der Waals surface area contributed by atoms with Gasteiger partial charge >= 0.3 is 0 Å². The molecule has 3 aromatic rings. The lowest BCUT2D eigenvalue weighted by atomic mass is 10.1. The van der Waals surface area contributed by atoms with E-state index >= 15 is 0 Å². The molecule has 2 aromatic heterocycles. The van der Waals surface area contributed by atoms with Crippen molar-refractivity contribution in [3.63, 3.8) is 0 Å². The van der Waals surface area contributed by atoms with Crippen LogP contribution < -0.4 is 15.6 Å². The van der Waals surface area contributed by atoms with Gasteiger partial charge in [0, 0.05) is 12.1 Å². The Balaban J connectivity index is 1.99. The Hall–Kier alpha value is -3.42. The number of carbonyl (C=O) groups excluding carboxylic acids is 1. The molecular formula is C17H17N5O3. The number of carbonyl (C=O) groups is 1. The molecule has 0 aliphatic heterocycles. The summed E-state index contributed by atoms with van der Waals surface area (Å²) in [6, 6.07) is 8.97. The van der Waals surface area contributed by atoms with Gasteiger partial charge in [-0.3, -0.25) is 9.59 Å². The summed E-state index contributed by atoms with van der Waals surface area (Å²) in [6.45, 7) is 3.91. The van der Waals surface area contributed by atoms with Crippen LogP contribution in [-0.4, -0.2) is 39.4 Å². The first-order valence-corrected chi connectivity index (χ1v) is 7.61. The maximum absolute atomic E-state index is 12.0. The third kappa shape index (κ3) is 3.42. The highest BCUT2D eigenvalue weighted by Crippen LogP contribution is 2.21. The van der Waals surface area contributed by atoms with Gasteiger partial charge in [-0.1, -0.05) is 6.08 Å². The fourth-order valence-corrected chi connectivity index (χ4v) is 2.37. The average molecular weight is 339 g/mol. The molecule has 0 saturated heterocycles. The number of amides is 1. The van der Waals surface area contributed by atoms with E-state index in [0.717, 1.165) is 11.3 Å². The first kappa shape index (κ1) is 16.4. The minimum atomic E-state index is -0.373. The zero-order valence-corrected chi connectivity index (χ0v) is 13.7. The lowest BCUT2D eigenvalue weighted by Gasteiger charge is -2.03. The van der Waals surface area contributed by atoms with Crippen molar-refractivity contribution in [1.82, 2.24) is 25.1 Å². The minimum absolute atomic E-state index is 0.00907. The second-order valence-electron chi connectivity index (χ2n) is 5.29. The van der Waals surface area contributed by atoms with E-state index in [1.807, 2.05) is 24.3 Å². The zero-order chi connectivity index (χ0) is 17.8. The van der Waals surface area contributed by atoms with Gasteiger partial charge in [-0.15, -0.1) is 6.58 Å². The van der Waals surface area contributed by atoms with Crippen molar-refractivity contribution in [1.29, 1.82) is 0 Å². The number of fused-ring (bicyclic) bond motifs is 1. The lowest BCUT2D eigenvalue weighted by Crippen LogP contribution is -2.27. The number of H-pyrrole nitrogens is 1. The molecule has 25 heavy (non-hydrogen) atoms. The van der Waals surface area contributed by atoms with Crippen molar-refractivity contribution < 1.29 is 9.53 Å². The van der Waals surface area contributed by atoms with E-state index in [4.69, 9.17) is 4.74 Å². The number of nitrogens with zero attached hydrogens (tertiary/aromatic N) is 3. The molecule has 1 amide bonds. The van der Waals surface area contributed by atoms with Crippen molar-refractivity contribution in [2.45, 2.75) is 6.42 Å². The molecule has 2 heterocycles. The molecule has 0 atom stereocenters. The molecule has 0 fully saturated rings. The number of nitrogens with one attached hydrogen (secondary N) is 2. The molecule has 8 nitrogen and oxygen atoms in total. The molecule has 0 aliphatic rings. The Bertz CT molecular complexity index is 972. The summed E-state index contributed by atoms with van der Waals surface area (Å²) in [5.41, 5.74) is 1.38. The van der Waals surface area contributed by atoms with Crippen molar-refractivity contribution in [2.24, 2.45) is 0 Å². The van der Waals surface area contributed by atoms with E-state index in [0.29, 0.717) is 23.6 Å². The monoisotopic (exact) mass is 339 g/mol. The highest BCUT2D eigenvalue weighted by Gasteiger charge is 2.14. The summed E-state index contributed by atoms with van der Waals surface area (Å²) >= 11 is 0. The van der Waals surface area contributed by atoms with E-state index in [-0.39, 0.29) is 17.9 Å². The standard InChI is InChI=1S/C17H17N5O3/c1-3-8-18-16(23)10-15-19-20-17(24)14-9-13(21-22(14)15)11-4-6-12(25-2)7-5-11/h3-7,9H,1,8,10H2,2H3,(H,18,23)(H,20,24). The predicted octanol–water partition coefficient (Wildman–Crippen LogP) is 0.938. The number of hydrogen-bond donors (Lipinski definition) is 2. The van der Waals surface area contributed by atoms with Gasteiger partial charge in [-0.2, -0.15) is 10.2 Å². The van der Waals surface area contributed by atoms with Crippen LogP contribution in [0.15, 0.2) is 47.8 Å². The van der Waals surface area contributed by atoms with E-state index in [2.05, 4.69) is 27.2 Å². The van der Waals surface area contributed by atoms with Gasteiger partial charge in [0.15, 0.2) is 5.82 Å². The van der Waals surface area contributed by atoms with Crippen LogP contribution in [-0.2, 0) is 11.2 Å². The SMILES string of the molecule is C=CCNC(=O)Cc1n[nH]c(=O)c2cc(-c3ccc(OC)cc3)nn12. The van der Waals surface area contributed by atoms with Gasteiger partial charge in [-0.05, 0) is 30.3 Å². The maximum Gasteiger partial charge on any atom is 0.290 e. The fraction of sp³-hybridized carbons (Fsp3) is 0.176. The molecule has 1 aromatic carbocycles. The number of aromatic amines is 1. The molecule has 0 unspecified atom stereocenters. The Morgan fingerprint density at radius 3 is 2.84 bits per heavy atom. The molecule has 0 aliphatic carbocycles. The van der Waals surface area contributed by atoms with Crippen LogP contribution in [0.5, 0.6) is 5.75 Å². The highest BCUT2D eigenvalue weighted by atomic mass is 16.5. The number of rotatable bonds is 6. The first-order valence-electron chi connectivity index (χ1n) is 7.61. The molecule has 0 spiro atoms. The zero-order valence-electron chi connectivity index (χ0n) is 13.7. The van der Waals surface area contributed by atoms with Gasteiger partial charge in [-0.25, -0.2) is 9.61 Å². The molecule has 2 N–H and O–H groups in total. The Morgan fingerprint density at radius 2 is 2.16 bits per heavy atom. The summed E-state index contributed by atoms with van der Waals surface area (Å²) in [7, 11) is 1.59. The van der Waals surface area contributed by atoms with Crippen molar-refractivity contribution in [3.05, 3.63) is 59.2 Å². The second-order valence-corrected chi connectivity index (χ2v) is 5.29. The molecule has 128 valence electrons. The van der Waals surface area contributed by atoms with Gasteiger partial charge in [0.05, 0.1) is 19.2 Å². The number of hydrogen-bond acceptors (Lipinski definition) is 5. The van der Waals surface area contributed by atoms with E-state index in [1.54, 1.807) is 19.3 Å². The average Bonchev–Trinajstić information content (AvgIpc) is 3.09. The van der Waals surface area contributed by atoms with Crippen LogP contribution in [0.3, 0.4) is 0 Å². The van der Waals surface area contributed by atoms with Crippen molar-refractivity contribution in [3.8, 4) is 17.0 Å². The number of aromatic nitrogens is 4. The number of methoxy groups -OCH3 is 1. The fourth-order valence-electron chi connectivity index (χ4n) is 2.37. The van der Waals surface area contributed by atoms with E-state index in [9.17, 15) is 9.59 Å². The van der Waals surface area contributed by atoms with Crippen LogP contribution in [0.2, 0.25) is 0 Å². The molecule has 0 bridgehead atoms. The van der Waals surface area contributed by atoms with Crippen molar-refractivity contribution in [2.75, 3.05) is 13.7 Å². The quantitative estimate of drug-likeness (QED) is 0.651. The van der Waals surface area contributed by atoms with Crippen molar-refractivity contribution >= 4 is 11.4 Å². The lowest BCUT2D eigenvalue weighted by molar-refractivity contribution is -0.120. The Kier molecular flexibility index (Phi) is 4.60. The largest absolute Gasteiger partial charge is 0.497 e. The summed E-state index contributed by atoms with van der Waals surface area (Å²) in [4.78, 5) is 23.9. The highest BCUT2D eigenvalue weighted by molar-refractivity contribution is 5.78. The van der Waals surface area contributed by atoms with E-state index < -0.39 is 0 Å². The maximum atomic E-state index is 12.0. The molecule has 3 rings (SSSR count). The first-order chi connectivity index (χ1) is 12.1. The molecule has 8 heteroatoms. The second kappa shape index (κ2) is 7.00. The van der Waals surface area contributed by atoms with Crippen LogP contribution >= 0.6 is 0 Å². The summed E-state index contributed by atoms with van der Waals surface area (Å²) in [6.07, 6.45) is 1.58. The van der Waals surface area contributed by atoms with Gasteiger partial charge in [0.1, 0.15) is 11.3 Å². The number of ether oxygens (including phenoxy) is 1. The van der Waals surface area contributed by atoms with Gasteiger partial charge in [0.25, 0.3) is 5.56 Å². The van der Waals surface area contributed by atoms with E-state index in [1.165, 1.54) is 4.52 Å². The molecular weight excluding hydrogens is 322 g/mol. The number of benzene rings is 1. The van der Waals surface area contributed by atoms with Gasteiger partial charge < -0.3 is 10.1 Å². The Morgan fingerprint density at radius 1 is 1.40 bits per heavy atom. The minimum Gasteiger partial charge on any atom is -0.497 e. The third-order valence-electron chi connectivity index (χ3n) is 3.62. The molecule has 0 radical (unpaired) electrons. The third-order valence-corrected chi connectivity index (χ3v) is 3.62. The topological polar surface area (TPSA) is 101 Å². The van der Waals surface area contributed by atoms with Crippen LogP contribution in [0.1, 0.15) is 5.82 Å².